The molecule has 0 amide bonds. The van der Waals surface area contributed by atoms with Gasteiger partial charge in [-0.25, -0.2) is 0 Å². The first-order valence-electron chi connectivity index (χ1n) is 6.84. The lowest BCUT2D eigenvalue weighted by Crippen LogP contribution is -2.21. The van der Waals surface area contributed by atoms with Gasteiger partial charge in [0.15, 0.2) is 0 Å². The number of hydrogen-bond acceptors (Lipinski definition) is 4. The van der Waals surface area contributed by atoms with Crippen LogP contribution < -0.4 is 10.5 Å². The molecule has 1 aromatic rings. The molecule has 2 atom stereocenters. The molecule has 3 rings (SSSR count). The minimum atomic E-state index is 0.119. The highest BCUT2D eigenvalue weighted by Gasteiger charge is 2.32. The van der Waals surface area contributed by atoms with E-state index in [4.69, 9.17) is 10.5 Å². The number of ether oxygens (including phenoxy) is 1. The molecule has 4 nitrogen and oxygen atoms in total. The molecule has 0 radical (unpaired) electrons. The van der Waals surface area contributed by atoms with Gasteiger partial charge in [-0.3, -0.25) is 0 Å². The second kappa shape index (κ2) is 4.78. The highest BCUT2D eigenvalue weighted by Crippen LogP contribution is 2.43. The largest absolute Gasteiger partial charge is 0.494 e. The Balaban J connectivity index is 1.93. The summed E-state index contributed by atoms with van der Waals surface area (Å²) in [5.41, 5.74) is 10.8. The summed E-state index contributed by atoms with van der Waals surface area (Å²) < 4.78 is 5.59. The van der Waals surface area contributed by atoms with Crippen LogP contribution in [0.15, 0.2) is 34.1 Å². The van der Waals surface area contributed by atoms with Gasteiger partial charge in [0, 0.05) is 18.0 Å². The van der Waals surface area contributed by atoms with E-state index in [2.05, 4.69) is 22.4 Å². The fourth-order valence-corrected chi connectivity index (χ4v) is 2.82. The van der Waals surface area contributed by atoms with E-state index in [0.717, 1.165) is 24.3 Å². The molecule has 0 spiro atoms. The molecule has 1 heterocycles. The first-order valence-corrected chi connectivity index (χ1v) is 6.84. The standard InChI is InChI=1S/C15H19N3O/c1-3-19-11-5-4-10-7-14-15(12(10)8-11)13(17-18-14)6-9(2)16/h4-5,8-9,13H,3,6-7,16H2,1-2H3/t9-,13?/m0/s1. The lowest BCUT2D eigenvalue weighted by atomic mass is 9.96. The van der Waals surface area contributed by atoms with Crippen molar-refractivity contribution in [2.45, 2.75) is 38.8 Å². The normalized spacial score (nSPS) is 21.5. The fraction of sp³-hybridized carbons (Fsp3) is 0.467. The number of allylic oxidation sites excluding steroid dienone is 1. The van der Waals surface area contributed by atoms with Crippen LogP contribution in [0.1, 0.15) is 31.4 Å². The van der Waals surface area contributed by atoms with Gasteiger partial charge in [0.2, 0.25) is 0 Å². The predicted octanol–water partition coefficient (Wildman–Crippen LogP) is 2.92. The van der Waals surface area contributed by atoms with E-state index in [1.54, 1.807) is 0 Å². The highest BCUT2D eigenvalue weighted by molar-refractivity contribution is 5.81. The van der Waals surface area contributed by atoms with Gasteiger partial charge in [-0.1, -0.05) is 6.07 Å². The fourth-order valence-electron chi connectivity index (χ4n) is 2.82. The number of hydrogen-bond donors (Lipinski definition) is 1. The van der Waals surface area contributed by atoms with E-state index in [-0.39, 0.29) is 12.1 Å². The molecule has 100 valence electrons. The maximum absolute atomic E-state index is 5.90. The zero-order valence-corrected chi connectivity index (χ0v) is 11.4. The van der Waals surface area contributed by atoms with Crippen LogP contribution in [0.25, 0.3) is 5.57 Å². The molecule has 0 aromatic heterocycles. The van der Waals surface area contributed by atoms with Crippen LogP contribution in [0.3, 0.4) is 0 Å². The first-order chi connectivity index (χ1) is 9.19. The second-order valence-electron chi connectivity index (χ2n) is 5.23. The van der Waals surface area contributed by atoms with Gasteiger partial charge < -0.3 is 10.5 Å². The van der Waals surface area contributed by atoms with E-state index >= 15 is 0 Å². The van der Waals surface area contributed by atoms with E-state index in [9.17, 15) is 0 Å². The minimum absolute atomic E-state index is 0.119. The van der Waals surface area contributed by atoms with Crippen molar-refractivity contribution in [2.24, 2.45) is 16.0 Å². The molecule has 0 bridgehead atoms. The van der Waals surface area contributed by atoms with Gasteiger partial charge in [-0.15, -0.1) is 0 Å². The molecule has 0 saturated carbocycles. The minimum Gasteiger partial charge on any atom is -0.494 e. The zero-order valence-electron chi connectivity index (χ0n) is 11.4. The summed E-state index contributed by atoms with van der Waals surface area (Å²) in [6, 6.07) is 6.54. The summed E-state index contributed by atoms with van der Waals surface area (Å²) in [6.45, 7) is 4.69. The Bertz CT molecular complexity index is 561. The molecule has 2 aliphatic rings. The van der Waals surface area contributed by atoms with Crippen molar-refractivity contribution < 1.29 is 4.74 Å². The maximum atomic E-state index is 5.90. The molecular formula is C15H19N3O. The molecule has 1 aliphatic carbocycles. The summed E-state index contributed by atoms with van der Waals surface area (Å²) in [5.74, 6) is 0.918. The summed E-state index contributed by atoms with van der Waals surface area (Å²) in [7, 11) is 0. The molecule has 4 heteroatoms. The number of nitrogens with zero attached hydrogens (tertiary/aromatic N) is 2. The number of rotatable bonds is 4. The lowest BCUT2D eigenvalue weighted by Gasteiger charge is -2.14. The van der Waals surface area contributed by atoms with Gasteiger partial charge in [0.25, 0.3) is 0 Å². The third kappa shape index (κ3) is 2.16. The average molecular weight is 257 g/mol. The van der Waals surface area contributed by atoms with E-state index < -0.39 is 0 Å². The van der Waals surface area contributed by atoms with Gasteiger partial charge >= 0.3 is 0 Å². The summed E-state index contributed by atoms with van der Waals surface area (Å²) in [6.07, 6.45) is 1.73. The van der Waals surface area contributed by atoms with Crippen molar-refractivity contribution in [3.8, 4) is 5.75 Å². The average Bonchev–Trinajstić information content (AvgIpc) is 2.89. The molecule has 2 N–H and O–H groups in total. The number of nitrogens with two attached hydrogens (primary N) is 1. The first kappa shape index (κ1) is 12.4. The van der Waals surface area contributed by atoms with Crippen molar-refractivity contribution in [3.63, 3.8) is 0 Å². The smallest absolute Gasteiger partial charge is 0.119 e. The molecule has 1 unspecified atom stereocenters. The molecule has 1 aromatic carbocycles. The van der Waals surface area contributed by atoms with Crippen molar-refractivity contribution in [3.05, 3.63) is 35.0 Å². The number of azo groups is 1. The summed E-state index contributed by atoms with van der Waals surface area (Å²) in [5, 5.41) is 8.70. The Labute approximate surface area is 113 Å². The van der Waals surface area contributed by atoms with Crippen LogP contribution in [0.2, 0.25) is 0 Å². The van der Waals surface area contributed by atoms with Crippen LogP contribution in [0.4, 0.5) is 0 Å². The van der Waals surface area contributed by atoms with Crippen LogP contribution in [-0.2, 0) is 6.42 Å². The molecule has 1 aliphatic heterocycles. The zero-order chi connectivity index (χ0) is 13.4. The molecular weight excluding hydrogens is 238 g/mol. The van der Waals surface area contributed by atoms with Crippen LogP contribution in [0.5, 0.6) is 5.75 Å². The highest BCUT2D eigenvalue weighted by atomic mass is 16.5. The SMILES string of the molecule is CCOc1ccc2c(c1)C1=C(C2)N=NC1C[C@H](C)N. The Kier molecular flexibility index (Phi) is 3.11. The van der Waals surface area contributed by atoms with Crippen molar-refractivity contribution in [2.75, 3.05) is 6.61 Å². The van der Waals surface area contributed by atoms with Gasteiger partial charge in [0.05, 0.1) is 12.3 Å². The lowest BCUT2D eigenvalue weighted by molar-refractivity contribution is 0.340. The summed E-state index contributed by atoms with van der Waals surface area (Å²) >= 11 is 0. The van der Waals surface area contributed by atoms with Gasteiger partial charge in [0.1, 0.15) is 11.8 Å². The van der Waals surface area contributed by atoms with Crippen molar-refractivity contribution >= 4 is 5.57 Å². The second-order valence-corrected chi connectivity index (χ2v) is 5.23. The van der Waals surface area contributed by atoms with Gasteiger partial charge in [-0.2, -0.15) is 10.2 Å². The van der Waals surface area contributed by atoms with E-state index in [1.807, 2.05) is 19.9 Å². The number of benzene rings is 1. The van der Waals surface area contributed by atoms with Crippen LogP contribution in [0, 0.1) is 0 Å². The van der Waals surface area contributed by atoms with E-state index in [0.29, 0.717) is 6.61 Å². The third-order valence-electron chi connectivity index (χ3n) is 3.60. The number of fused-ring (bicyclic) bond motifs is 2. The van der Waals surface area contributed by atoms with E-state index in [1.165, 1.54) is 16.7 Å². The Morgan fingerprint density at radius 3 is 3.05 bits per heavy atom. The molecule has 19 heavy (non-hydrogen) atoms. The molecule has 0 fully saturated rings. The third-order valence-corrected chi connectivity index (χ3v) is 3.60. The Hall–Kier alpha value is -1.68. The predicted molar refractivity (Wildman–Crippen MR) is 75.1 cm³/mol. The van der Waals surface area contributed by atoms with Gasteiger partial charge in [-0.05, 0) is 43.5 Å². The van der Waals surface area contributed by atoms with Crippen molar-refractivity contribution in [1.29, 1.82) is 0 Å². The molecule has 0 saturated heterocycles. The van der Waals surface area contributed by atoms with Crippen LogP contribution >= 0.6 is 0 Å². The quantitative estimate of drug-likeness (QED) is 0.901. The summed E-state index contributed by atoms with van der Waals surface area (Å²) in [4.78, 5) is 0. The van der Waals surface area contributed by atoms with Crippen LogP contribution in [-0.4, -0.2) is 18.7 Å². The monoisotopic (exact) mass is 257 g/mol. The topological polar surface area (TPSA) is 60.0 Å². The Morgan fingerprint density at radius 1 is 1.47 bits per heavy atom. The maximum Gasteiger partial charge on any atom is 0.119 e. The van der Waals surface area contributed by atoms with Crippen molar-refractivity contribution in [1.82, 2.24) is 0 Å². The Morgan fingerprint density at radius 2 is 2.32 bits per heavy atom.